The molecule has 0 radical (unpaired) electrons. The highest BCUT2D eigenvalue weighted by atomic mass is 79.9. The molecule has 0 amide bonds. The van der Waals surface area contributed by atoms with Crippen LogP contribution in [0.15, 0.2) is 20.0 Å². The Morgan fingerprint density at radius 1 is 1.48 bits per heavy atom. The van der Waals surface area contributed by atoms with E-state index < -0.39 is 10.0 Å². The molecule has 0 aliphatic heterocycles. The largest absolute Gasteiger partial charge is 0.452 e. The lowest BCUT2D eigenvalue weighted by Gasteiger charge is -2.19. The first kappa shape index (κ1) is 17.0. The average Bonchev–Trinajstić information content (AvgIpc) is 3.14. The molecule has 1 aliphatic rings. The van der Waals surface area contributed by atoms with E-state index in [-0.39, 0.29) is 9.56 Å². The van der Waals surface area contributed by atoms with Gasteiger partial charge in [-0.1, -0.05) is 20.8 Å². The van der Waals surface area contributed by atoms with Gasteiger partial charge in [0.05, 0.1) is 6.54 Å². The summed E-state index contributed by atoms with van der Waals surface area (Å²) in [6, 6.07) is 1.93. The second kappa shape index (κ2) is 6.81. The number of nitrogens with one attached hydrogen (secondary N) is 1. The Morgan fingerprint density at radius 2 is 2.14 bits per heavy atom. The van der Waals surface area contributed by atoms with Crippen LogP contribution in [0.1, 0.15) is 39.4 Å². The van der Waals surface area contributed by atoms with E-state index in [1.807, 2.05) is 20.8 Å². The van der Waals surface area contributed by atoms with Gasteiger partial charge in [-0.3, -0.25) is 0 Å². The molecule has 1 aliphatic carbocycles. The van der Waals surface area contributed by atoms with Gasteiger partial charge in [0.25, 0.3) is 0 Å². The molecule has 2 rings (SSSR count). The lowest BCUT2D eigenvalue weighted by Crippen LogP contribution is -2.32. The third-order valence-electron chi connectivity index (χ3n) is 3.52. The maximum atomic E-state index is 12.7. The van der Waals surface area contributed by atoms with Gasteiger partial charge < -0.3 is 9.73 Å². The summed E-state index contributed by atoms with van der Waals surface area (Å²) in [5.41, 5.74) is 0. The Kier molecular flexibility index (Phi) is 5.51. The van der Waals surface area contributed by atoms with Crippen LogP contribution in [0.4, 0.5) is 0 Å². The SMILES string of the molecule is CCN(CC1CC1)S(=O)(=O)c1cc(CNC(C)C)oc1Br. The zero-order valence-electron chi connectivity index (χ0n) is 12.7. The molecule has 0 spiro atoms. The van der Waals surface area contributed by atoms with Crippen molar-refractivity contribution in [3.05, 3.63) is 16.5 Å². The highest BCUT2D eigenvalue weighted by molar-refractivity contribution is 9.10. The molecule has 1 N–H and O–H groups in total. The van der Waals surface area contributed by atoms with Gasteiger partial charge in [0, 0.05) is 25.2 Å². The lowest BCUT2D eigenvalue weighted by atomic mass is 10.3. The molecule has 0 bridgehead atoms. The molecule has 1 aromatic heterocycles. The standard InChI is InChI=1S/C14H23BrN2O3S/c1-4-17(9-11-5-6-11)21(18,19)13-7-12(20-14(13)15)8-16-10(2)3/h7,10-11,16H,4-6,8-9H2,1-3H3. The second-order valence-corrected chi connectivity index (χ2v) is 8.41. The predicted molar refractivity (Wildman–Crippen MR) is 85.5 cm³/mol. The highest BCUT2D eigenvalue weighted by Crippen LogP contribution is 2.34. The first-order valence-electron chi connectivity index (χ1n) is 7.36. The molecule has 120 valence electrons. The minimum atomic E-state index is -3.49. The molecule has 21 heavy (non-hydrogen) atoms. The monoisotopic (exact) mass is 378 g/mol. The Labute approximate surface area is 135 Å². The topological polar surface area (TPSA) is 62.6 Å². The fourth-order valence-electron chi connectivity index (χ4n) is 2.09. The van der Waals surface area contributed by atoms with Crippen LogP contribution in [0.2, 0.25) is 0 Å². The Morgan fingerprint density at radius 3 is 2.67 bits per heavy atom. The maximum absolute atomic E-state index is 12.7. The maximum Gasteiger partial charge on any atom is 0.247 e. The van der Waals surface area contributed by atoms with Crippen molar-refractivity contribution < 1.29 is 12.8 Å². The zero-order chi connectivity index (χ0) is 15.6. The smallest absolute Gasteiger partial charge is 0.247 e. The zero-order valence-corrected chi connectivity index (χ0v) is 15.1. The number of furan rings is 1. The minimum Gasteiger partial charge on any atom is -0.452 e. The van der Waals surface area contributed by atoms with Gasteiger partial charge in [-0.15, -0.1) is 0 Å². The number of hydrogen-bond donors (Lipinski definition) is 1. The van der Waals surface area contributed by atoms with Crippen LogP contribution >= 0.6 is 15.9 Å². The molecule has 0 atom stereocenters. The molecular formula is C14H23BrN2O3S. The molecule has 0 unspecified atom stereocenters. The summed E-state index contributed by atoms with van der Waals surface area (Å²) in [5, 5.41) is 3.22. The summed E-state index contributed by atoms with van der Waals surface area (Å²) in [6.45, 7) is 7.54. The van der Waals surface area contributed by atoms with Gasteiger partial charge >= 0.3 is 0 Å². The summed E-state index contributed by atoms with van der Waals surface area (Å²) >= 11 is 3.24. The van der Waals surface area contributed by atoms with Crippen LogP contribution in [0, 0.1) is 5.92 Å². The highest BCUT2D eigenvalue weighted by Gasteiger charge is 2.33. The summed E-state index contributed by atoms with van der Waals surface area (Å²) in [4.78, 5) is 0.227. The first-order chi connectivity index (χ1) is 9.84. The van der Waals surface area contributed by atoms with E-state index in [1.54, 1.807) is 10.4 Å². The molecule has 1 fully saturated rings. The van der Waals surface area contributed by atoms with Crippen molar-refractivity contribution in [2.75, 3.05) is 13.1 Å². The fourth-order valence-corrected chi connectivity index (χ4v) is 4.58. The number of nitrogens with zero attached hydrogens (tertiary/aromatic N) is 1. The number of rotatable bonds is 8. The van der Waals surface area contributed by atoms with Gasteiger partial charge in [0.2, 0.25) is 10.0 Å². The van der Waals surface area contributed by atoms with Crippen molar-refractivity contribution in [2.45, 2.75) is 51.1 Å². The van der Waals surface area contributed by atoms with Gasteiger partial charge in [-0.05, 0) is 34.7 Å². The van der Waals surface area contributed by atoms with Crippen LogP contribution < -0.4 is 5.32 Å². The summed E-state index contributed by atoms with van der Waals surface area (Å²) in [7, 11) is -3.49. The first-order valence-corrected chi connectivity index (χ1v) is 9.59. The third kappa shape index (κ3) is 4.31. The third-order valence-corrected chi connectivity index (χ3v) is 6.32. The van der Waals surface area contributed by atoms with Gasteiger partial charge in [0.15, 0.2) is 4.67 Å². The second-order valence-electron chi connectivity index (χ2n) is 5.79. The molecule has 0 aromatic carbocycles. The summed E-state index contributed by atoms with van der Waals surface area (Å²) < 4.78 is 32.8. The molecular weight excluding hydrogens is 356 g/mol. The predicted octanol–water partition coefficient (Wildman–Crippen LogP) is 2.96. The van der Waals surface area contributed by atoms with Crippen LogP contribution in [-0.4, -0.2) is 31.9 Å². The summed E-state index contributed by atoms with van der Waals surface area (Å²) in [6.07, 6.45) is 2.25. The van der Waals surface area contributed by atoms with Crippen molar-refractivity contribution in [2.24, 2.45) is 5.92 Å². The van der Waals surface area contributed by atoms with Crippen molar-refractivity contribution >= 4 is 26.0 Å². The summed E-state index contributed by atoms with van der Waals surface area (Å²) in [5.74, 6) is 1.14. The van der Waals surface area contributed by atoms with E-state index >= 15 is 0 Å². The van der Waals surface area contributed by atoms with E-state index in [1.165, 1.54) is 0 Å². The molecule has 0 saturated heterocycles. The molecule has 7 heteroatoms. The number of hydrogen-bond acceptors (Lipinski definition) is 4. The van der Waals surface area contributed by atoms with Crippen LogP contribution in [0.3, 0.4) is 0 Å². The minimum absolute atomic E-state index is 0.227. The van der Waals surface area contributed by atoms with Gasteiger partial charge in [0.1, 0.15) is 10.7 Å². The van der Waals surface area contributed by atoms with E-state index in [2.05, 4.69) is 21.2 Å². The van der Waals surface area contributed by atoms with E-state index in [0.717, 1.165) is 12.8 Å². The molecule has 1 saturated carbocycles. The van der Waals surface area contributed by atoms with E-state index in [4.69, 9.17) is 4.42 Å². The molecule has 1 aromatic rings. The van der Waals surface area contributed by atoms with Crippen molar-refractivity contribution in [3.63, 3.8) is 0 Å². The lowest BCUT2D eigenvalue weighted by molar-refractivity contribution is 0.409. The Balaban J connectivity index is 2.18. The molecule has 5 nitrogen and oxygen atoms in total. The van der Waals surface area contributed by atoms with Crippen molar-refractivity contribution in [1.29, 1.82) is 0 Å². The Hall–Kier alpha value is -0.370. The number of halogens is 1. The average molecular weight is 379 g/mol. The van der Waals surface area contributed by atoms with Crippen LogP contribution in [-0.2, 0) is 16.6 Å². The van der Waals surface area contributed by atoms with Gasteiger partial charge in [-0.25, -0.2) is 8.42 Å². The van der Waals surface area contributed by atoms with Gasteiger partial charge in [-0.2, -0.15) is 4.31 Å². The van der Waals surface area contributed by atoms with Crippen molar-refractivity contribution in [3.8, 4) is 0 Å². The van der Waals surface area contributed by atoms with Crippen LogP contribution in [0.5, 0.6) is 0 Å². The molecule has 1 heterocycles. The fraction of sp³-hybridized carbons (Fsp3) is 0.714. The van der Waals surface area contributed by atoms with E-state index in [9.17, 15) is 8.42 Å². The quantitative estimate of drug-likeness (QED) is 0.755. The van der Waals surface area contributed by atoms with Crippen LogP contribution in [0.25, 0.3) is 0 Å². The van der Waals surface area contributed by atoms with E-state index in [0.29, 0.717) is 37.4 Å². The Bertz CT molecular complexity index is 579. The number of sulfonamides is 1. The normalized spacial score (nSPS) is 16.1. The van der Waals surface area contributed by atoms with Crippen molar-refractivity contribution in [1.82, 2.24) is 9.62 Å².